The van der Waals surface area contributed by atoms with E-state index < -0.39 is 5.95 Å². The van der Waals surface area contributed by atoms with Crippen LogP contribution in [0.4, 0.5) is 10.1 Å². The summed E-state index contributed by atoms with van der Waals surface area (Å²) in [6.07, 6.45) is 3.52. The predicted octanol–water partition coefficient (Wildman–Crippen LogP) is 3.50. The molecular weight excluding hydrogens is 369 g/mol. The SMILES string of the molecule is OCCNCC(Nc1cncc(-c2ccc3[nH]nc(F)c3c2)c1)c1ccccc1. The van der Waals surface area contributed by atoms with Gasteiger partial charge in [0.15, 0.2) is 0 Å². The number of pyridine rings is 1. The van der Waals surface area contributed by atoms with Gasteiger partial charge in [0.1, 0.15) is 0 Å². The lowest BCUT2D eigenvalue weighted by atomic mass is 10.0. The molecule has 4 N–H and O–H groups in total. The number of H-pyrrole nitrogens is 1. The molecule has 1 unspecified atom stereocenters. The topological polar surface area (TPSA) is 85.9 Å². The average molecular weight is 391 g/mol. The Morgan fingerprint density at radius 1 is 1.03 bits per heavy atom. The summed E-state index contributed by atoms with van der Waals surface area (Å²) < 4.78 is 13.8. The van der Waals surface area contributed by atoms with E-state index in [1.807, 2.05) is 36.4 Å². The minimum atomic E-state index is -0.511. The van der Waals surface area contributed by atoms with Gasteiger partial charge in [-0.2, -0.15) is 4.39 Å². The van der Waals surface area contributed by atoms with Crippen LogP contribution >= 0.6 is 0 Å². The van der Waals surface area contributed by atoms with Crippen molar-refractivity contribution in [3.63, 3.8) is 0 Å². The number of fused-ring (bicyclic) bond motifs is 1. The molecule has 2 heterocycles. The van der Waals surface area contributed by atoms with E-state index in [-0.39, 0.29) is 12.6 Å². The van der Waals surface area contributed by atoms with Crippen LogP contribution in [0, 0.1) is 5.95 Å². The van der Waals surface area contributed by atoms with Gasteiger partial charge in [0.05, 0.1) is 29.2 Å². The number of hydrogen-bond acceptors (Lipinski definition) is 5. The molecule has 0 amide bonds. The number of anilines is 1. The van der Waals surface area contributed by atoms with Gasteiger partial charge in [-0.15, -0.1) is 5.10 Å². The van der Waals surface area contributed by atoms with Gasteiger partial charge in [-0.25, -0.2) is 0 Å². The fraction of sp³-hybridized carbons (Fsp3) is 0.182. The number of halogens is 1. The first kappa shape index (κ1) is 19.0. The smallest absolute Gasteiger partial charge is 0.240 e. The van der Waals surface area contributed by atoms with E-state index in [2.05, 4.69) is 37.9 Å². The molecule has 0 aliphatic carbocycles. The molecule has 29 heavy (non-hydrogen) atoms. The number of benzene rings is 2. The Bertz CT molecular complexity index is 1080. The number of nitrogens with zero attached hydrogens (tertiary/aromatic N) is 2. The molecule has 7 heteroatoms. The van der Waals surface area contributed by atoms with Gasteiger partial charge in [-0.1, -0.05) is 36.4 Å². The maximum Gasteiger partial charge on any atom is 0.240 e. The number of hydrogen-bond donors (Lipinski definition) is 4. The van der Waals surface area contributed by atoms with Gasteiger partial charge in [-0.05, 0) is 29.3 Å². The number of aromatic nitrogens is 3. The summed E-state index contributed by atoms with van der Waals surface area (Å²) in [4.78, 5) is 4.35. The van der Waals surface area contributed by atoms with E-state index in [1.54, 1.807) is 18.5 Å². The minimum Gasteiger partial charge on any atom is -0.395 e. The Labute approximate surface area is 167 Å². The number of aliphatic hydroxyl groups excluding tert-OH is 1. The monoisotopic (exact) mass is 391 g/mol. The summed E-state index contributed by atoms with van der Waals surface area (Å²) in [6, 6.07) is 17.6. The molecule has 0 bridgehead atoms. The maximum atomic E-state index is 13.8. The molecule has 0 radical (unpaired) electrons. The summed E-state index contributed by atoms with van der Waals surface area (Å²) in [5.41, 5.74) is 4.39. The Kier molecular flexibility index (Phi) is 5.79. The van der Waals surface area contributed by atoms with Gasteiger partial charge in [-0.3, -0.25) is 10.1 Å². The fourth-order valence-electron chi connectivity index (χ4n) is 3.30. The Morgan fingerprint density at radius 2 is 1.90 bits per heavy atom. The fourth-order valence-corrected chi connectivity index (χ4v) is 3.30. The zero-order valence-corrected chi connectivity index (χ0v) is 15.8. The van der Waals surface area contributed by atoms with Gasteiger partial charge in [0, 0.05) is 31.0 Å². The summed E-state index contributed by atoms with van der Waals surface area (Å²) in [5.74, 6) is -0.511. The van der Waals surface area contributed by atoms with Gasteiger partial charge < -0.3 is 15.7 Å². The first-order chi connectivity index (χ1) is 14.2. The Morgan fingerprint density at radius 3 is 2.72 bits per heavy atom. The molecule has 0 saturated carbocycles. The molecule has 0 aliphatic rings. The molecule has 4 rings (SSSR count). The average Bonchev–Trinajstić information content (AvgIpc) is 3.14. The molecule has 2 aromatic carbocycles. The molecule has 1 atom stereocenters. The van der Waals surface area contributed by atoms with E-state index >= 15 is 0 Å². The molecule has 0 spiro atoms. The van der Waals surface area contributed by atoms with E-state index in [1.165, 1.54) is 0 Å². The standard InChI is InChI=1S/C22H22FN5O/c23-22-19-11-16(6-7-20(19)27-28-22)17-10-18(13-25-12-17)26-21(14-24-8-9-29)15-4-2-1-3-5-15/h1-7,10-13,21,24,26,29H,8-9,14H2,(H,27,28). The summed E-state index contributed by atoms with van der Waals surface area (Å²) in [7, 11) is 0. The van der Waals surface area contributed by atoms with Crippen molar-refractivity contribution >= 4 is 16.6 Å². The quantitative estimate of drug-likeness (QED) is 0.346. The molecule has 6 nitrogen and oxygen atoms in total. The van der Waals surface area contributed by atoms with Crippen LogP contribution in [0.15, 0.2) is 67.0 Å². The lowest BCUT2D eigenvalue weighted by Gasteiger charge is -2.21. The van der Waals surface area contributed by atoms with Crippen LogP contribution in [-0.4, -0.2) is 40.0 Å². The molecule has 0 saturated heterocycles. The molecule has 0 aliphatic heterocycles. The van der Waals surface area contributed by atoms with Crippen LogP contribution in [-0.2, 0) is 0 Å². The first-order valence-corrected chi connectivity index (χ1v) is 9.46. The predicted molar refractivity (Wildman–Crippen MR) is 112 cm³/mol. The number of aromatic amines is 1. The third-order valence-electron chi connectivity index (χ3n) is 4.77. The first-order valence-electron chi connectivity index (χ1n) is 9.46. The molecule has 4 aromatic rings. The molecule has 148 valence electrons. The molecule has 2 aromatic heterocycles. The van der Waals surface area contributed by atoms with Crippen LogP contribution in [0.3, 0.4) is 0 Å². The van der Waals surface area contributed by atoms with Crippen molar-refractivity contribution in [2.24, 2.45) is 0 Å². The van der Waals surface area contributed by atoms with Gasteiger partial charge in [0.2, 0.25) is 5.95 Å². The van der Waals surface area contributed by atoms with Crippen molar-refractivity contribution in [1.82, 2.24) is 20.5 Å². The lowest BCUT2D eigenvalue weighted by molar-refractivity contribution is 0.291. The third kappa shape index (κ3) is 4.42. The van der Waals surface area contributed by atoms with Crippen molar-refractivity contribution in [3.05, 3.63) is 78.5 Å². The Hall–Kier alpha value is -3.29. The van der Waals surface area contributed by atoms with Crippen LogP contribution in [0.2, 0.25) is 0 Å². The van der Waals surface area contributed by atoms with Gasteiger partial charge in [0.25, 0.3) is 0 Å². The van der Waals surface area contributed by atoms with Crippen molar-refractivity contribution in [1.29, 1.82) is 0 Å². The van der Waals surface area contributed by atoms with Crippen molar-refractivity contribution in [2.75, 3.05) is 25.0 Å². The van der Waals surface area contributed by atoms with E-state index in [9.17, 15) is 4.39 Å². The van der Waals surface area contributed by atoms with Crippen molar-refractivity contribution in [2.45, 2.75) is 6.04 Å². The van der Waals surface area contributed by atoms with Crippen LogP contribution in [0.25, 0.3) is 22.0 Å². The largest absolute Gasteiger partial charge is 0.395 e. The lowest BCUT2D eigenvalue weighted by Crippen LogP contribution is -2.28. The number of aliphatic hydroxyl groups is 1. The second-order valence-electron chi connectivity index (χ2n) is 6.77. The maximum absolute atomic E-state index is 13.8. The van der Waals surface area contributed by atoms with E-state index in [0.29, 0.717) is 24.0 Å². The zero-order valence-electron chi connectivity index (χ0n) is 15.8. The second-order valence-corrected chi connectivity index (χ2v) is 6.77. The normalized spacial score (nSPS) is 12.2. The van der Waals surface area contributed by atoms with Gasteiger partial charge >= 0.3 is 0 Å². The highest BCUT2D eigenvalue weighted by Gasteiger charge is 2.12. The highest BCUT2D eigenvalue weighted by Crippen LogP contribution is 2.27. The summed E-state index contributed by atoms with van der Waals surface area (Å²) in [6.45, 7) is 1.27. The highest BCUT2D eigenvalue weighted by atomic mass is 19.1. The van der Waals surface area contributed by atoms with E-state index in [4.69, 9.17) is 5.11 Å². The van der Waals surface area contributed by atoms with Crippen molar-refractivity contribution < 1.29 is 9.50 Å². The van der Waals surface area contributed by atoms with Crippen LogP contribution in [0.5, 0.6) is 0 Å². The minimum absolute atomic E-state index is 0.00796. The summed E-state index contributed by atoms with van der Waals surface area (Å²) in [5, 5.41) is 22.5. The summed E-state index contributed by atoms with van der Waals surface area (Å²) >= 11 is 0. The van der Waals surface area contributed by atoms with E-state index in [0.717, 1.165) is 22.4 Å². The molecule has 0 fully saturated rings. The number of rotatable bonds is 8. The third-order valence-corrected chi connectivity index (χ3v) is 4.77. The molecular formula is C22H22FN5O. The zero-order chi connectivity index (χ0) is 20.1. The van der Waals surface area contributed by atoms with Crippen molar-refractivity contribution in [3.8, 4) is 11.1 Å². The highest BCUT2D eigenvalue weighted by molar-refractivity contribution is 5.84. The van der Waals surface area contributed by atoms with Crippen LogP contribution < -0.4 is 10.6 Å². The number of nitrogens with one attached hydrogen (secondary N) is 3. The Balaban J connectivity index is 1.59. The van der Waals surface area contributed by atoms with Crippen LogP contribution in [0.1, 0.15) is 11.6 Å². The second kappa shape index (κ2) is 8.81.